The van der Waals surface area contributed by atoms with Crippen molar-refractivity contribution >= 4 is 34.1 Å². The first-order chi connectivity index (χ1) is 15.6. The van der Waals surface area contributed by atoms with E-state index in [2.05, 4.69) is 5.32 Å². The van der Waals surface area contributed by atoms with Crippen molar-refractivity contribution in [1.82, 2.24) is 14.8 Å². The molecule has 2 amide bonds. The van der Waals surface area contributed by atoms with E-state index in [-0.39, 0.29) is 17.9 Å². The molecule has 0 spiro atoms. The molecule has 0 bridgehead atoms. The maximum atomic E-state index is 13.8. The van der Waals surface area contributed by atoms with Gasteiger partial charge in [-0.25, -0.2) is 0 Å². The standard InChI is InChI=1S/C26H31N3O2S/c1-26(25(31)27-20-11-5-3-2-4-6-12-20)18-28-22-14-8-7-10-19(22)16-23(28)24(30)29(26)17-21-13-9-15-32-21/h7-10,13-16,20H,2-6,11-12,17-18H2,1H3,(H,27,31). The summed E-state index contributed by atoms with van der Waals surface area (Å²) in [5.41, 5.74) is 0.730. The number of aromatic nitrogens is 1. The zero-order valence-electron chi connectivity index (χ0n) is 18.7. The number of carbonyl (C=O) groups excluding carboxylic acids is 2. The lowest BCUT2D eigenvalue weighted by Gasteiger charge is -2.44. The summed E-state index contributed by atoms with van der Waals surface area (Å²) in [5, 5.41) is 6.41. The van der Waals surface area contributed by atoms with Gasteiger partial charge in [0.15, 0.2) is 0 Å². The van der Waals surface area contributed by atoms with Crippen molar-refractivity contribution in [3.8, 4) is 0 Å². The Bertz CT molecular complexity index is 1110. The minimum absolute atomic E-state index is 0.0311. The van der Waals surface area contributed by atoms with Gasteiger partial charge >= 0.3 is 0 Å². The van der Waals surface area contributed by atoms with Crippen LogP contribution in [0, 0.1) is 0 Å². The number of para-hydroxylation sites is 1. The Morgan fingerprint density at radius 2 is 1.84 bits per heavy atom. The van der Waals surface area contributed by atoms with Crippen LogP contribution in [0.5, 0.6) is 0 Å². The summed E-state index contributed by atoms with van der Waals surface area (Å²) in [6, 6.07) is 14.2. The zero-order chi connectivity index (χ0) is 22.1. The molecule has 6 heteroatoms. The van der Waals surface area contributed by atoms with Crippen LogP contribution in [0.4, 0.5) is 0 Å². The molecule has 5 rings (SSSR count). The molecule has 3 heterocycles. The molecule has 0 saturated heterocycles. The van der Waals surface area contributed by atoms with Crippen LogP contribution in [0.25, 0.3) is 10.9 Å². The second kappa shape index (κ2) is 8.74. The van der Waals surface area contributed by atoms with Crippen LogP contribution < -0.4 is 5.32 Å². The quantitative estimate of drug-likeness (QED) is 0.584. The SMILES string of the molecule is CC1(C(=O)NC2CCCCCCC2)Cn2c(cc3ccccc32)C(=O)N1Cc1cccs1. The molecule has 2 aliphatic rings. The molecule has 0 radical (unpaired) electrons. The van der Waals surface area contributed by atoms with Crippen LogP contribution >= 0.6 is 11.3 Å². The lowest BCUT2D eigenvalue weighted by Crippen LogP contribution is -2.64. The molecule has 1 saturated carbocycles. The fourth-order valence-electron chi connectivity index (χ4n) is 5.25. The second-order valence-electron chi connectivity index (χ2n) is 9.43. The topological polar surface area (TPSA) is 54.3 Å². The average molecular weight is 450 g/mol. The molecule has 1 unspecified atom stereocenters. The molecular formula is C26H31N3O2S. The van der Waals surface area contributed by atoms with Crippen molar-refractivity contribution in [2.45, 2.75) is 76.5 Å². The monoisotopic (exact) mass is 449 g/mol. The molecule has 168 valence electrons. The molecule has 32 heavy (non-hydrogen) atoms. The van der Waals surface area contributed by atoms with E-state index in [1.54, 1.807) is 16.2 Å². The van der Waals surface area contributed by atoms with Crippen molar-refractivity contribution in [2.75, 3.05) is 0 Å². The molecule has 3 aromatic rings. The van der Waals surface area contributed by atoms with Crippen LogP contribution in [0.1, 0.15) is 67.2 Å². The predicted molar refractivity (Wildman–Crippen MR) is 129 cm³/mol. The maximum Gasteiger partial charge on any atom is 0.271 e. The highest BCUT2D eigenvalue weighted by atomic mass is 32.1. The lowest BCUT2D eigenvalue weighted by atomic mass is 9.92. The summed E-state index contributed by atoms with van der Waals surface area (Å²) in [6.07, 6.45) is 8.15. The largest absolute Gasteiger partial charge is 0.351 e. The van der Waals surface area contributed by atoms with Crippen molar-refractivity contribution < 1.29 is 9.59 Å². The molecule has 2 aromatic heterocycles. The van der Waals surface area contributed by atoms with Crippen molar-refractivity contribution in [3.63, 3.8) is 0 Å². The third kappa shape index (κ3) is 3.85. The van der Waals surface area contributed by atoms with Gasteiger partial charge in [0.2, 0.25) is 5.91 Å². The number of amides is 2. The van der Waals surface area contributed by atoms with E-state index in [0.29, 0.717) is 18.8 Å². The molecule has 1 aromatic carbocycles. The molecule has 1 fully saturated rings. The summed E-state index contributed by atoms with van der Waals surface area (Å²) in [7, 11) is 0. The van der Waals surface area contributed by atoms with Gasteiger partial charge in [0, 0.05) is 21.8 Å². The van der Waals surface area contributed by atoms with Crippen molar-refractivity contribution in [1.29, 1.82) is 0 Å². The highest BCUT2D eigenvalue weighted by molar-refractivity contribution is 7.09. The molecule has 1 aliphatic heterocycles. The Labute approximate surface area is 193 Å². The third-order valence-corrected chi connectivity index (χ3v) is 8.02. The normalized spacial score (nSPS) is 22.4. The third-order valence-electron chi connectivity index (χ3n) is 7.16. The maximum absolute atomic E-state index is 13.8. The second-order valence-corrected chi connectivity index (χ2v) is 10.5. The first-order valence-corrected chi connectivity index (χ1v) is 12.7. The highest BCUT2D eigenvalue weighted by Crippen LogP contribution is 2.34. The Morgan fingerprint density at radius 1 is 1.09 bits per heavy atom. The first kappa shape index (κ1) is 21.3. The van der Waals surface area contributed by atoms with Gasteiger partial charge < -0.3 is 14.8 Å². The van der Waals surface area contributed by atoms with Crippen LogP contribution in [-0.4, -0.2) is 32.9 Å². The summed E-state index contributed by atoms with van der Waals surface area (Å²) in [4.78, 5) is 30.5. The molecular weight excluding hydrogens is 418 g/mol. The number of hydrogen-bond donors (Lipinski definition) is 1. The fourth-order valence-corrected chi connectivity index (χ4v) is 5.95. The van der Waals surface area contributed by atoms with Crippen molar-refractivity contribution in [3.05, 3.63) is 58.4 Å². The minimum Gasteiger partial charge on any atom is -0.351 e. The van der Waals surface area contributed by atoms with E-state index < -0.39 is 5.54 Å². The number of nitrogens with zero attached hydrogens (tertiary/aromatic N) is 2. The van der Waals surface area contributed by atoms with Gasteiger partial charge in [0.25, 0.3) is 5.91 Å². The minimum atomic E-state index is -0.946. The lowest BCUT2D eigenvalue weighted by molar-refractivity contribution is -0.134. The Balaban J connectivity index is 1.50. The van der Waals surface area contributed by atoms with Crippen LogP contribution in [0.2, 0.25) is 0 Å². The zero-order valence-corrected chi connectivity index (χ0v) is 19.5. The first-order valence-electron chi connectivity index (χ1n) is 11.8. The van der Waals surface area contributed by atoms with E-state index in [1.807, 2.05) is 59.3 Å². The van der Waals surface area contributed by atoms with Gasteiger partial charge in [-0.2, -0.15) is 0 Å². The Hall–Kier alpha value is -2.60. The van der Waals surface area contributed by atoms with Gasteiger partial charge in [0.1, 0.15) is 11.2 Å². The van der Waals surface area contributed by atoms with Crippen molar-refractivity contribution in [2.24, 2.45) is 0 Å². The van der Waals surface area contributed by atoms with Crippen LogP contribution in [0.3, 0.4) is 0 Å². The van der Waals surface area contributed by atoms with Crippen LogP contribution in [0.15, 0.2) is 47.8 Å². The van der Waals surface area contributed by atoms with Gasteiger partial charge in [-0.15, -0.1) is 11.3 Å². The van der Waals surface area contributed by atoms with E-state index in [9.17, 15) is 9.59 Å². The average Bonchev–Trinajstić information content (AvgIpc) is 3.41. The summed E-state index contributed by atoms with van der Waals surface area (Å²) in [5.74, 6) is -0.104. The number of benzene rings is 1. The number of fused-ring (bicyclic) bond motifs is 3. The number of rotatable bonds is 4. The Morgan fingerprint density at radius 3 is 2.59 bits per heavy atom. The molecule has 1 aliphatic carbocycles. The van der Waals surface area contributed by atoms with E-state index in [1.165, 1.54) is 19.3 Å². The molecule has 1 N–H and O–H groups in total. The van der Waals surface area contributed by atoms with Gasteiger partial charge in [-0.05, 0) is 43.3 Å². The number of hydrogen-bond acceptors (Lipinski definition) is 3. The van der Waals surface area contributed by atoms with Gasteiger partial charge in [-0.3, -0.25) is 9.59 Å². The number of thiophene rings is 1. The van der Waals surface area contributed by atoms with E-state index in [0.717, 1.165) is 41.5 Å². The summed E-state index contributed by atoms with van der Waals surface area (Å²) >= 11 is 1.63. The summed E-state index contributed by atoms with van der Waals surface area (Å²) < 4.78 is 2.04. The molecule has 5 nitrogen and oxygen atoms in total. The van der Waals surface area contributed by atoms with E-state index in [4.69, 9.17) is 0 Å². The highest BCUT2D eigenvalue weighted by Gasteiger charge is 2.48. The number of nitrogens with one attached hydrogen (secondary N) is 1. The van der Waals surface area contributed by atoms with E-state index >= 15 is 0 Å². The van der Waals surface area contributed by atoms with Crippen LogP contribution in [-0.2, 0) is 17.9 Å². The number of carbonyl (C=O) groups is 2. The molecule has 1 atom stereocenters. The van der Waals surface area contributed by atoms with Gasteiger partial charge in [-0.1, -0.05) is 56.4 Å². The predicted octanol–water partition coefficient (Wildman–Crippen LogP) is 5.35. The summed E-state index contributed by atoms with van der Waals surface area (Å²) in [6.45, 7) is 2.85. The van der Waals surface area contributed by atoms with Gasteiger partial charge in [0.05, 0.1) is 13.1 Å². The fraction of sp³-hybridized carbons (Fsp3) is 0.462. The Kier molecular flexibility index (Phi) is 5.80. The smallest absolute Gasteiger partial charge is 0.271 e.